The van der Waals surface area contributed by atoms with Gasteiger partial charge in [-0.1, -0.05) is 44.2 Å². The molecular formula is C20H25N5O5. The highest BCUT2D eigenvalue weighted by Gasteiger charge is 2.50. The molecule has 160 valence electrons. The highest BCUT2D eigenvalue weighted by Crippen LogP contribution is 2.36. The SMILES string of the molecule is CC(C)(CC(=O)O)CC(=O)N[C@@H]1CO[C@@H]2[C@@H]1OC[C@@H]2n1nnnc1-c1ccccc1. The summed E-state index contributed by atoms with van der Waals surface area (Å²) in [4.78, 5) is 23.5. The Bertz CT molecular complexity index is 915. The predicted octanol–water partition coefficient (Wildman–Crippen LogP) is 1.05. The van der Waals surface area contributed by atoms with Gasteiger partial charge < -0.3 is 19.9 Å². The van der Waals surface area contributed by atoms with Crippen LogP contribution < -0.4 is 5.32 Å². The monoisotopic (exact) mass is 415 g/mol. The molecule has 0 aliphatic carbocycles. The van der Waals surface area contributed by atoms with Gasteiger partial charge >= 0.3 is 5.97 Å². The maximum Gasteiger partial charge on any atom is 0.303 e. The normalized spacial score (nSPS) is 25.8. The summed E-state index contributed by atoms with van der Waals surface area (Å²) in [7, 11) is 0. The lowest BCUT2D eigenvalue weighted by Gasteiger charge is -2.24. The van der Waals surface area contributed by atoms with E-state index in [-0.39, 0.29) is 43.0 Å². The average molecular weight is 415 g/mol. The van der Waals surface area contributed by atoms with Crippen LogP contribution in [0.4, 0.5) is 0 Å². The minimum Gasteiger partial charge on any atom is -0.481 e. The molecule has 4 atom stereocenters. The Morgan fingerprint density at radius 3 is 2.63 bits per heavy atom. The number of nitrogens with one attached hydrogen (secondary N) is 1. The number of aliphatic carboxylic acids is 1. The fourth-order valence-corrected chi connectivity index (χ4v) is 4.17. The summed E-state index contributed by atoms with van der Waals surface area (Å²) < 4.78 is 13.6. The number of hydrogen-bond acceptors (Lipinski definition) is 7. The van der Waals surface area contributed by atoms with Crippen LogP contribution in [-0.4, -0.2) is 68.7 Å². The smallest absolute Gasteiger partial charge is 0.303 e. The van der Waals surface area contributed by atoms with E-state index in [1.165, 1.54) is 0 Å². The van der Waals surface area contributed by atoms with Gasteiger partial charge in [0, 0.05) is 12.0 Å². The molecule has 2 aliphatic heterocycles. The molecule has 2 fully saturated rings. The zero-order valence-electron chi connectivity index (χ0n) is 16.9. The van der Waals surface area contributed by atoms with Crippen LogP contribution in [0.1, 0.15) is 32.7 Å². The molecule has 1 amide bonds. The van der Waals surface area contributed by atoms with Crippen LogP contribution in [0.5, 0.6) is 0 Å². The predicted molar refractivity (Wildman–Crippen MR) is 104 cm³/mol. The van der Waals surface area contributed by atoms with Crippen molar-refractivity contribution in [3.8, 4) is 11.4 Å². The zero-order chi connectivity index (χ0) is 21.3. The van der Waals surface area contributed by atoms with E-state index in [4.69, 9.17) is 14.6 Å². The number of hydrogen-bond donors (Lipinski definition) is 2. The molecule has 10 heteroatoms. The topological polar surface area (TPSA) is 128 Å². The van der Waals surface area contributed by atoms with Crippen LogP contribution in [0.15, 0.2) is 30.3 Å². The van der Waals surface area contributed by atoms with E-state index in [0.717, 1.165) is 5.56 Å². The van der Waals surface area contributed by atoms with Crippen molar-refractivity contribution in [3.05, 3.63) is 30.3 Å². The highest BCUT2D eigenvalue weighted by molar-refractivity contribution is 5.78. The van der Waals surface area contributed by atoms with Gasteiger partial charge in [-0.15, -0.1) is 5.10 Å². The summed E-state index contributed by atoms with van der Waals surface area (Å²) in [5.41, 5.74) is 0.264. The van der Waals surface area contributed by atoms with Gasteiger partial charge in [-0.25, -0.2) is 4.68 Å². The van der Waals surface area contributed by atoms with Crippen molar-refractivity contribution in [3.63, 3.8) is 0 Å². The summed E-state index contributed by atoms with van der Waals surface area (Å²) in [6.45, 7) is 4.22. The Morgan fingerprint density at radius 2 is 1.90 bits per heavy atom. The molecule has 0 saturated carbocycles. The minimum absolute atomic E-state index is 0.0756. The van der Waals surface area contributed by atoms with E-state index < -0.39 is 11.4 Å². The second-order valence-electron chi connectivity index (χ2n) is 8.56. The third kappa shape index (κ3) is 4.19. The van der Waals surface area contributed by atoms with E-state index in [9.17, 15) is 9.59 Å². The van der Waals surface area contributed by atoms with Crippen molar-refractivity contribution in [2.75, 3.05) is 13.2 Å². The molecule has 4 rings (SSSR count). The number of carbonyl (C=O) groups excluding carboxylic acids is 1. The number of amides is 1. The van der Waals surface area contributed by atoms with Gasteiger partial charge in [0.2, 0.25) is 5.91 Å². The van der Waals surface area contributed by atoms with Gasteiger partial charge in [0.15, 0.2) is 5.82 Å². The number of fused-ring (bicyclic) bond motifs is 1. The molecule has 1 aromatic carbocycles. The molecule has 2 N–H and O–H groups in total. The van der Waals surface area contributed by atoms with Crippen LogP contribution in [0.2, 0.25) is 0 Å². The summed E-state index contributed by atoms with van der Waals surface area (Å²) in [6, 6.07) is 9.14. The Hall–Kier alpha value is -2.85. The number of tetrazole rings is 1. The molecule has 1 aromatic heterocycles. The first-order valence-electron chi connectivity index (χ1n) is 9.92. The maximum atomic E-state index is 12.5. The number of benzene rings is 1. The molecule has 3 heterocycles. The lowest BCUT2D eigenvalue weighted by Crippen LogP contribution is -2.45. The highest BCUT2D eigenvalue weighted by atomic mass is 16.6. The maximum absolute atomic E-state index is 12.5. The van der Waals surface area contributed by atoms with Crippen LogP contribution in [0.3, 0.4) is 0 Å². The standard InChI is InChI=1S/C20H25N5O5/c1-20(2,9-16(27)28)8-15(26)21-13-10-29-18-14(11-30-17(13)18)25-19(22-23-24-25)12-6-4-3-5-7-12/h3-7,13-14,17-18H,8-11H2,1-2H3,(H,21,26)(H,27,28)/t13-,14+,17-,18+/m1/s1. The van der Waals surface area contributed by atoms with Crippen molar-refractivity contribution >= 4 is 11.9 Å². The second kappa shape index (κ2) is 8.11. The summed E-state index contributed by atoms with van der Waals surface area (Å²) in [6.07, 6.45) is -0.558. The van der Waals surface area contributed by atoms with E-state index in [1.54, 1.807) is 18.5 Å². The molecular weight excluding hydrogens is 390 g/mol. The van der Waals surface area contributed by atoms with E-state index in [2.05, 4.69) is 20.8 Å². The largest absolute Gasteiger partial charge is 0.481 e. The molecule has 0 bridgehead atoms. The van der Waals surface area contributed by atoms with Gasteiger partial charge in [-0.05, 0) is 15.8 Å². The first kappa shape index (κ1) is 20.4. The zero-order valence-corrected chi connectivity index (χ0v) is 16.9. The first-order valence-corrected chi connectivity index (χ1v) is 9.92. The lowest BCUT2D eigenvalue weighted by atomic mass is 9.85. The molecule has 2 aromatic rings. The molecule has 2 aliphatic rings. The number of aromatic nitrogens is 4. The van der Waals surface area contributed by atoms with Gasteiger partial charge in [0.05, 0.1) is 25.7 Å². The fourth-order valence-electron chi connectivity index (χ4n) is 4.17. The molecule has 2 saturated heterocycles. The van der Waals surface area contributed by atoms with Gasteiger partial charge in [0.25, 0.3) is 0 Å². The number of ether oxygens (including phenoxy) is 2. The van der Waals surface area contributed by atoms with Crippen molar-refractivity contribution in [2.45, 2.75) is 51.0 Å². The lowest BCUT2D eigenvalue weighted by molar-refractivity contribution is -0.139. The Balaban J connectivity index is 1.42. The summed E-state index contributed by atoms with van der Waals surface area (Å²) in [5.74, 6) is -0.499. The first-order chi connectivity index (χ1) is 14.3. The number of carboxylic acids is 1. The average Bonchev–Trinajstić information content (AvgIpc) is 3.38. The minimum atomic E-state index is -0.922. The van der Waals surface area contributed by atoms with Crippen molar-refractivity contribution in [2.24, 2.45) is 5.41 Å². The fraction of sp³-hybridized carbons (Fsp3) is 0.550. The van der Waals surface area contributed by atoms with E-state index >= 15 is 0 Å². The Labute approximate surface area is 173 Å². The molecule has 0 spiro atoms. The molecule has 30 heavy (non-hydrogen) atoms. The summed E-state index contributed by atoms with van der Waals surface area (Å²) >= 11 is 0. The number of nitrogens with zero attached hydrogens (tertiary/aromatic N) is 4. The molecule has 10 nitrogen and oxygen atoms in total. The van der Waals surface area contributed by atoms with Crippen LogP contribution in [0, 0.1) is 5.41 Å². The molecule has 0 unspecified atom stereocenters. The Kier molecular flexibility index (Phi) is 5.52. The summed E-state index contributed by atoms with van der Waals surface area (Å²) in [5, 5.41) is 24.1. The van der Waals surface area contributed by atoms with Gasteiger partial charge in [0.1, 0.15) is 18.2 Å². The third-order valence-corrected chi connectivity index (χ3v) is 5.48. The van der Waals surface area contributed by atoms with Crippen molar-refractivity contribution in [1.29, 1.82) is 0 Å². The number of carboxylic acid groups (broad SMARTS) is 1. The second-order valence-corrected chi connectivity index (χ2v) is 8.56. The van der Waals surface area contributed by atoms with Gasteiger partial charge in [-0.2, -0.15) is 0 Å². The Morgan fingerprint density at radius 1 is 1.17 bits per heavy atom. The number of carbonyl (C=O) groups is 2. The van der Waals surface area contributed by atoms with E-state index in [1.807, 2.05) is 30.3 Å². The number of rotatable bonds is 7. The van der Waals surface area contributed by atoms with Crippen molar-refractivity contribution in [1.82, 2.24) is 25.5 Å². The van der Waals surface area contributed by atoms with Crippen LogP contribution >= 0.6 is 0 Å². The van der Waals surface area contributed by atoms with Crippen molar-refractivity contribution < 1.29 is 24.2 Å². The third-order valence-electron chi connectivity index (χ3n) is 5.48. The quantitative estimate of drug-likeness (QED) is 0.687. The van der Waals surface area contributed by atoms with E-state index in [0.29, 0.717) is 19.0 Å². The molecule has 0 radical (unpaired) electrons. The van der Waals surface area contributed by atoms with Gasteiger partial charge in [-0.3, -0.25) is 9.59 Å². The van der Waals surface area contributed by atoms with Crippen LogP contribution in [-0.2, 0) is 19.1 Å². The van der Waals surface area contributed by atoms with Crippen LogP contribution in [0.25, 0.3) is 11.4 Å².